The van der Waals surface area contributed by atoms with E-state index in [2.05, 4.69) is 0 Å². The molecule has 0 amide bonds. The quantitative estimate of drug-likeness (QED) is 0.789. The van der Waals surface area contributed by atoms with E-state index >= 15 is 0 Å². The van der Waals surface area contributed by atoms with Gasteiger partial charge in [0.1, 0.15) is 11.6 Å². The third-order valence-corrected chi connectivity index (χ3v) is 4.99. The standard InChI is InChI=1S/C17H21BFNO4/c1-16(2)17(3,4)24-18(23-16)12-7-10-11(8-14(12)22-6)15(21)20(5)9-13(10)19/h7-9H,1-6H3. The number of halogens is 1. The second-order valence-electron chi connectivity index (χ2n) is 7.12. The van der Waals surface area contributed by atoms with Gasteiger partial charge in [-0.2, -0.15) is 0 Å². The molecule has 1 saturated heterocycles. The summed E-state index contributed by atoms with van der Waals surface area (Å²) < 4.78 is 33.0. The summed E-state index contributed by atoms with van der Waals surface area (Å²) in [6.45, 7) is 7.77. The van der Waals surface area contributed by atoms with E-state index in [0.29, 0.717) is 11.2 Å². The molecule has 0 atom stereocenters. The zero-order valence-electron chi connectivity index (χ0n) is 14.8. The molecule has 2 aromatic rings. The highest BCUT2D eigenvalue weighted by Gasteiger charge is 2.52. The van der Waals surface area contributed by atoms with Gasteiger partial charge >= 0.3 is 7.12 Å². The Kier molecular flexibility index (Phi) is 3.77. The highest BCUT2D eigenvalue weighted by atomic mass is 19.1. The maximum absolute atomic E-state index is 14.4. The van der Waals surface area contributed by atoms with Crippen molar-refractivity contribution in [3.05, 3.63) is 34.5 Å². The van der Waals surface area contributed by atoms with Crippen LogP contribution in [-0.4, -0.2) is 30.0 Å². The maximum Gasteiger partial charge on any atom is 0.498 e. The third kappa shape index (κ3) is 2.43. The Hall–Kier alpha value is -1.86. The Morgan fingerprint density at radius 1 is 1.12 bits per heavy atom. The largest absolute Gasteiger partial charge is 0.498 e. The molecule has 0 unspecified atom stereocenters. The molecule has 0 radical (unpaired) electrons. The van der Waals surface area contributed by atoms with Gasteiger partial charge in [-0.25, -0.2) is 4.39 Å². The number of aromatic nitrogens is 1. The summed E-state index contributed by atoms with van der Waals surface area (Å²) in [7, 11) is 2.32. The molecule has 2 heterocycles. The second kappa shape index (κ2) is 5.32. The number of ether oxygens (including phenoxy) is 1. The van der Waals surface area contributed by atoms with Crippen LogP contribution in [0.4, 0.5) is 4.39 Å². The molecule has 7 heteroatoms. The van der Waals surface area contributed by atoms with Crippen molar-refractivity contribution in [2.24, 2.45) is 7.05 Å². The summed E-state index contributed by atoms with van der Waals surface area (Å²) in [5.74, 6) is -0.0452. The summed E-state index contributed by atoms with van der Waals surface area (Å²) in [6.07, 6.45) is 1.17. The van der Waals surface area contributed by atoms with E-state index in [9.17, 15) is 9.18 Å². The van der Waals surface area contributed by atoms with Crippen molar-refractivity contribution >= 4 is 23.4 Å². The number of hydrogen-bond acceptors (Lipinski definition) is 4. The van der Waals surface area contributed by atoms with Crippen LogP contribution in [0.1, 0.15) is 27.7 Å². The van der Waals surface area contributed by atoms with Crippen molar-refractivity contribution in [2.45, 2.75) is 38.9 Å². The Balaban J connectivity index is 2.21. The number of benzene rings is 1. The molecular weight excluding hydrogens is 312 g/mol. The average Bonchev–Trinajstić information content (AvgIpc) is 2.71. The van der Waals surface area contributed by atoms with Gasteiger partial charge in [0.15, 0.2) is 0 Å². The van der Waals surface area contributed by atoms with Crippen LogP contribution in [0.5, 0.6) is 5.75 Å². The van der Waals surface area contributed by atoms with E-state index in [-0.39, 0.29) is 16.3 Å². The number of nitrogens with zero attached hydrogens (tertiary/aromatic N) is 1. The molecule has 5 nitrogen and oxygen atoms in total. The van der Waals surface area contributed by atoms with Gasteiger partial charge in [-0.15, -0.1) is 0 Å². The Morgan fingerprint density at radius 3 is 2.25 bits per heavy atom. The molecule has 1 aromatic heterocycles. The van der Waals surface area contributed by atoms with Crippen molar-refractivity contribution in [3.8, 4) is 5.75 Å². The first kappa shape index (κ1) is 17.0. The fourth-order valence-corrected chi connectivity index (χ4v) is 2.79. The van der Waals surface area contributed by atoms with Crippen molar-refractivity contribution in [3.63, 3.8) is 0 Å². The molecule has 0 spiro atoms. The molecule has 24 heavy (non-hydrogen) atoms. The lowest BCUT2D eigenvalue weighted by Gasteiger charge is -2.32. The zero-order valence-corrected chi connectivity index (χ0v) is 14.8. The van der Waals surface area contributed by atoms with Crippen LogP contribution >= 0.6 is 0 Å². The minimum Gasteiger partial charge on any atom is -0.497 e. The van der Waals surface area contributed by atoms with E-state index in [0.717, 1.165) is 0 Å². The summed E-state index contributed by atoms with van der Waals surface area (Å²) in [6, 6.07) is 3.12. The van der Waals surface area contributed by atoms with Crippen LogP contribution in [0.25, 0.3) is 10.8 Å². The first-order valence-corrected chi connectivity index (χ1v) is 7.80. The van der Waals surface area contributed by atoms with Crippen LogP contribution in [0.15, 0.2) is 23.1 Å². The topological polar surface area (TPSA) is 49.7 Å². The van der Waals surface area contributed by atoms with Crippen LogP contribution < -0.4 is 15.8 Å². The molecule has 1 fully saturated rings. The molecule has 0 bridgehead atoms. The lowest BCUT2D eigenvalue weighted by Crippen LogP contribution is -2.41. The molecule has 1 aliphatic rings. The summed E-state index contributed by atoms with van der Waals surface area (Å²) >= 11 is 0. The molecular formula is C17H21BFNO4. The monoisotopic (exact) mass is 333 g/mol. The van der Waals surface area contributed by atoms with Gasteiger partial charge in [0, 0.05) is 24.1 Å². The number of aryl methyl sites for hydroxylation is 1. The van der Waals surface area contributed by atoms with Gasteiger partial charge in [-0.05, 0) is 39.8 Å². The van der Waals surface area contributed by atoms with Crippen molar-refractivity contribution in [1.82, 2.24) is 4.57 Å². The normalized spacial score (nSPS) is 19.0. The van der Waals surface area contributed by atoms with E-state index in [1.165, 1.54) is 24.9 Å². The Morgan fingerprint density at radius 2 is 1.71 bits per heavy atom. The van der Waals surface area contributed by atoms with Crippen LogP contribution in [-0.2, 0) is 16.4 Å². The molecule has 1 aromatic carbocycles. The fraction of sp³-hybridized carbons (Fsp3) is 0.471. The molecule has 128 valence electrons. The van der Waals surface area contributed by atoms with Crippen molar-refractivity contribution in [1.29, 1.82) is 0 Å². The number of methoxy groups -OCH3 is 1. The third-order valence-electron chi connectivity index (χ3n) is 4.99. The summed E-state index contributed by atoms with van der Waals surface area (Å²) in [4.78, 5) is 12.3. The Labute approximate surface area is 140 Å². The minimum atomic E-state index is -0.696. The molecule has 0 aliphatic carbocycles. The number of rotatable bonds is 2. The van der Waals surface area contributed by atoms with Crippen LogP contribution in [0.2, 0.25) is 0 Å². The van der Waals surface area contributed by atoms with E-state index in [1.807, 2.05) is 27.7 Å². The van der Waals surface area contributed by atoms with Gasteiger partial charge in [0.05, 0.1) is 23.7 Å². The Bertz CT molecular complexity index is 859. The SMILES string of the molecule is COc1cc2c(=O)n(C)cc(F)c2cc1B1OC(C)(C)C(C)(C)O1. The van der Waals surface area contributed by atoms with Gasteiger partial charge in [-0.3, -0.25) is 4.79 Å². The molecule has 0 saturated carbocycles. The van der Waals surface area contributed by atoms with Crippen LogP contribution in [0, 0.1) is 5.82 Å². The predicted molar refractivity (Wildman–Crippen MR) is 91.4 cm³/mol. The summed E-state index contributed by atoms with van der Waals surface area (Å²) in [5, 5.41) is 0.484. The van der Waals surface area contributed by atoms with E-state index < -0.39 is 24.1 Å². The van der Waals surface area contributed by atoms with Gasteiger partial charge in [0.2, 0.25) is 0 Å². The van der Waals surface area contributed by atoms with E-state index in [1.54, 1.807) is 12.1 Å². The first-order chi connectivity index (χ1) is 11.1. The predicted octanol–water partition coefficient (Wildman–Crippen LogP) is 1.99. The van der Waals surface area contributed by atoms with Crippen molar-refractivity contribution in [2.75, 3.05) is 7.11 Å². The van der Waals surface area contributed by atoms with Crippen molar-refractivity contribution < 1.29 is 18.4 Å². The van der Waals surface area contributed by atoms with Gasteiger partial charge in [0.25, 0.3) is 5.56 Å². The van der Waals surface area contributed by atoms with Gasteiger partial charge in [-0.1, -0.05) is 0 Å². The first-order valence-electron chi connectivity index (χ1n) is 7.80. The fourth-order valence-electron chi connectivity index (χ4n) is 2.79. The lowest BCUT2D eigenvalue weighted by molar-refractivity contribution is 0.00578. The smallest absolute Gasteiger partial charge is 0.497 e. The second-order valence-corrected chi connectivity index (χ2v) is 7.12. The molecule has 1 aliphatic heterocycles. The highest BCUT2D eigenvalue weighted by Crippen LogP contribution is 2.37. The number of hydrogen-bond donors (Lipinski definition) is 0. The van der Waals surface area contributed by atoms with E-state index in [4.69, 9.17) is 14.0 Å². The average molecular weight is 333 g/mol. The maximum atomic E-state index is 14.4. The molecule has 3 rings (SSSR count). The lowest BCUT2D eigenvalue weighted by atomic mass is 9.77. The van der Waals surface area contributed by atoms with Gasteiger partial charge < -0.3 is 18.6 Å². The summed E-state index contributed by atoms with van der Waals surface area (Å²) in [5.41, 5.74) is -0.771. The number of fused-ring (bicyclic) bond motifs is 1. The van der Waals surface area contributed by atoms with Crippen LogP contribution in [0.3, 0.4) is 0 Å². The molecule has 0 N–H and O–H groups in total. The highest BCUT2D eigenvalue weighted by molar-refractivity contribution is 6.63. The number of pyridine rings is 1. The zero-order chi connectivity index (χ0) is 17.9. The minimum absolute atomic E-state index is 0.226.